The van der Waals surface area contributed by atoms with Gasteiger partial charge < -0.3 is 14.8 Å². The van der Waals surface area contributed by atoms with Crippen LogP contribution in [0, 0.1) is 5.92 Å². The maximum Gasteiger partial charge on any atom is 0.263 e. The molecule has 1 saturated heterocycles. The molecule has 1 aliphatic heterocycles. The summed E-state index contributed by atoms with van der Waals surface area (Å²) in [5.74, 6) is 0.444. The second-order valence-electron chi connectivity index (χ2n) is 7.98. The number of aryl methyl sites for hydroxylation is 1. The lowest BCUT2D eigenvalue weighted by atomic mass is 9.97. The molecule has 1 aromatic carbocycles. The quantitative estimate of drug-likeness (QED) is 0.449. The number of carbonyl (C=O) groups is 2. The average molecular weight is 478 g/mol. The summed E-state index contributed by atoms with van der Waals surface area (Å²) < 4.78 is 1.95. The molecule has 1 aliphatic rings. The highest BCUT2D eigenvalue weighted by Gasteiger charge is 2.30. The summed E-state index contributed by atoms with van der Waals surface area (Å²) in [7, 11) is 1.94. The minimum Gasteiger partial charge on any atom is -0.337 e. The number of rotatable bonds is 5. The van der Waals surface area contributed by atoms with Crippen molar-refractivity contribution < 1.29 is 9.59 Å². The van der Waals surface area contributed by atoms with Crippen molar-refractivity contribution in [3.05, 3.63) is 65.1 Å². The molecule has 0 aliphatic carbocycles. The van der Waals surface area contributed by atoms with Gasteiger partial charge in [-0.05, 0) is 24.3 Å². The fourth-order valence-corrected chi connectivity index (χ4v) is 5.76. The van der Waals surface area contributed by atoms with E-state index >= 15 is 0 Å². The van der Waals surface area contributed by atoms with E-state index < -0.39 is 0 Å². The SMILES string of the molecule is Cn1ccnc1-c1sc(NC(=O)C2CCCN(C(=O)c3cccs3)C2)nc1-c1ccccc1. The van der Waals surface area contributed by atoms with Gasteiger partial charge in [-0.15, -0.1) is 11.3 Å². The Kier molecular flexibility index (Phi) is 6.06. The molecule has 4 heterocycles. The zero-order valence-electron chi connectivity index (χ0n) is 18.1. The molecular formula is C24H23N5O2S2. The fraction of sp³-hybridized carbons (Fsp3) is 0.250. The number of hydrogen-bond donors (Lipinski definition) is 1. The highest BCUT2D eigenvalue weighted by molar-refractivity contribution is 7.19. The third-order valence-electron chi connectivity index (χ3n) is 5.74. The Labute approximate surface area is 199 Å². The number of thiophene rings is 1. The predicted molar refractivity (Wildman–Crippen MR) is 131 cm³/mol. The largest absolute Gasteiger partial charge is 0.337 e. The van der Waals surface area contributed by atoms with E-state index in [1.807, 2.05) is 65.7 Å². The van der Waals surface area contributed by atoms with Crippen LogP contribution in [0.2, 0.25) is 0 Å². The zero-order valence-corrected chi connectivity index (χ0v) is 19.7. The molecule has 7 nitrogen and oxygen atoms in total. The van der Waals surface area contributed by atoms with Gasteiger partial charge in [-0.1, -0.05) is 47.7 Å². The van der Waals surface area contributed by atoms with Crippen LogP contribution in [0.4, 0.5) is 5.13 Å². The van der Waals surface area contributed by atoms with Crippen LogP contribution in [0.5, 0.6) is 0 Å². The molecule has 2 amide bonds. The van der Waals surface area contributed by atoms with Crippen LogP contribution in [-0.4, -0.2) is 44.3 Å². The number of piperidine rings is 1. The Morgan fingerprint density at radius 3 is 2.73 bits per heavy atom. The third kappa shape index (κ3) is 4.46. The highest BCUT2D eigenvalue weighted by atomic mass is 32.1. The van der Waals surface area contributed by atoms with Gasteiger partial charge in [-0.3, -0.25) is 9.59 Å². The molecule has 0 radical (unpaired) electrons. The summed E-state index contributed by atoms with van der Waals surface area (Å²) in [6.07, 6.45) is 5.21. The summed E-state index contributed by atoms with van der Waals surface area (Å²) in [6.45, 7) is 1.10. The molecule has 1 unspecified atom stereocenters. The molecule has 5 rings (SSSR count). The first kappa shape index (κ1) is 21.5. The fourth-order valence-electron chi connectivity index (χ4n) is 4.04. The van der Waals surface area contributed by atoms with Crippen molar-refractivity contribution in [2.45, 2.75) is 12.8 Å². The first-order valence-corrected chi connectivity index (χ1v) is 12.5. The smallest absolute Gasteiger partial charge is 0.263 e. The number of nitrogens with zero attached hydrogens (tertiary/aromatic N) is 4. The van der Waals surface area contributed by atoms with Crippen LogP contribution in [0.25, 0.3) is 22.0 Å². The van der Waals surface area contributed by atoms with Gasteiger partial charge in [0.2, 0.25) is 5.91 Å². The van der Waals surface area contributed by atoms with Gasteiger partial charge in [0, 0.05) is 38.1 Å². The van der Waals surface area contributed by atoms with Gasteiger partial charge >= 0.3 is 0 Å². The van der Waals surface area contributed by atoms with Crippen molar-refractivity contribution in [1.82, 2.24) is 19.4 Å². The van der Waals surface area contributed by atoms with E-state index in [0.29, 0.717) is 23.1 Å². The van der Waals surface area contributed by atoms with Gasteiger partial charge in [0.05, 0.1) is 21.4 Å². The molecule has 4 aromatic rings. The Balaban J connectivity index is 1.37. The molecule has 3 aromatic heterocycles. The number of thiazole rings is 1. The average Bonchev–Trinajstić information content (AvgIpc) is 3.60. The predicted octanol–water partition coefficient (Wildman–Crippen LogP) is 4.76. The minimum atomic E-state index is -0.261. The van der Waals surface area contributed by atoms with Crippen LogP contribution < -0.4 is 5.32 Å². The first-order valence-electron chi connectivity index (χ1n) is 10.8. The van der Waals surface area contributed by atoms with Gasteiger partial charge in [0.1, 0.15) is 0 Å². The van der Waals surface area contributed by atoms with Gasteiger partial charge in [0.15, 0.2) is 11.0 Å². The molecular weight excluding hydrogens is 454 g/mol. The van der Waals surface area contributed by atoms with Crippen molar-refractivity contribution in [1.29, 1.82) is 0 Å². The van der Waals surface area contributed by atoms with Crippen molar-refractivity contribution in [2.75, 3.05) is 18.4 Å². The summed E-state index contributed by atoms with van der Waals surface area (Å²) in [5, 5.41) is 5.45. The monoisotopic (exact) mass is 477 g/mol. The van der Waals surface area contributed by atoms with Crippen molar-refractivity contribution >= 4 is 39.6 Å². The van der Waals surface area contributed by atoms with Crippen molar-refractivity contribution in [2.24, 2.45) is 13.0 Å². The second kappa shape index (κ2) is 9.29. The highest BCUT2D eigenvalue weighted by Crippen LogP contribution is 2.38. The zero-order chi connectivity index (χ0) is 22.8. The number of anilines is 1. The molecule has 0 spiro atoms. The van der Waals surface area contributed by atoms with E-state index in [4.69, 9.17) is 4.98 Å². The Bertz CT molecular complexity index is 1260. The standard InChI is InChI=1S/C24H23N5O2S2/c1-28-13-11-25-21(28)20-19(16-7-3-2-4-8-16)26-24(33-20)27-22(30)17-9-5-12-29(15-17)23(31)18-10-6-14-32-18/h2-4,6-8,10-11,13-14,17H,5,9,12,15H2,1H3,(H,26,27,30). The lowest BCUT2D eigenvalue weighted by Crippen LogP contribution is -2.43. The minimum absolute atomic E-state index is 0.000167. The van der Waals surface area contributed by atoms with E-state index in [2.05, 4.69) is 10.3 Å². The van der Waals surface area contributed by atoms with Gasteiger partial charge in [-0.2, -0.15) is 0 Å². The van der Waals surface area contributed by atoms with E-state index in [-0.39, 0.29) is 17.7 Å². The Hall–Kier alpha value is -3.30. The first-order chi connectivity index (χ1) is 16.1. The number of likely N-dealkylation sites (tertiary alicyclic amines) is 1. The summed E-state index contributed by atoms with van der Waals surface area (Å²) >= 11 is 2.85. The van der Waals surface area contributed by atoms with Crippen molar-refractivity contribution in [3.63, 3.8) is 0 Å². The number of amides is 2. The van der Waals surface area contributed by atoms with E-state index in [9.17, 15) is 9.59 Å². The number of imidazole rings is 1. The molecule has 1 N–H and O–H groups in total. The molecule has 168 valence electrons. The normalized spacial score (nSPS) is 16.0. The van der Waals surface area contributed by atoms with E-state index in [0.717, 1.165) is 34.8 Å². The van der Waals surface area contributed by atoms with Crippen LogP contribution in [-0.2, 0) is 11.8 Å². The molecule has 1 fully saturated rings. The lowest BCUT2D eigenvalue weighted by Gasteiger charge is -2.31. The van der Waals surface area contributed by atoms with Crippen LogP contribution in [0.15, 0.2) is 60.2 Å². The molecule has 1 atom stereocenters. The summed E-state index contributed by atoms with van der Waals surface area (Å²) in [4.78, 5) is 38.5. The topological polar surface area (TPSA) is 80.1 Å². The van der Waals surface area contributed by atoms with Gasteiger partial charge in [0.25, 0.3) is 5.91 Å². The molecule has 0 saturated carbocycles. The lowest BCUT2D eigenvalue weighted by molar-refractivity contribution is -0.121. The van der Waals surface area contributed by atoms with Crippen LogP contribution >= 0.6 is 22.7 Å². The molecule has 33 heavy (non-hydrogen) atoms. The molecule has 9 heteroatoms. The number of aromatic nitrogens is 3. The Morgan fingerprint density at radius 1 is 1.15 bits per heavy atom. The Morgan fingerprint density at radius 2 is 2.00 bits per heavy atom. The van der Waals surface area contributed by atoms with E-state index in [1.54, 1.807) is 11.1 Å². The van der Waals surface area contributed by atoms with E-state index in [1.165, 1.54) is 22.7 Å². The van der Waals surface area contributed by atoms with Crippen molar-refractivity contribution in [3.8, 4) is 22.0 Å². The third-order valence-corrected chi connectivity index (χ3v) is 7.56. The number of nitrogens with one attached hydrogen (secondary N) is 1. The molecule has 0 bridgehead atoms. The van der Waals surface area contributed by atoms with Crippen LogP contribution in [0.3, 0.4) is 0 Å². The maximum absolute atomic E-state index is 13.1. The second-order valence-corrected chi connectivity index (χ2v) is 9.93. The maximum atomic E-state index is 13.1. The number of benzene rings is 1. The summed E-state index contributed by atoms with van der Waals surface area (Å²) in [5.41, 5.74) is 1.76. The van der Waals surface area contributed by atoms with Gasteiger partial charge in [-0.25, -0.2) is 9.97 Å². The van der Waals surface area contributed by atoms with Crippen LogP contribution in [0.1, 0.15) is 22.5 Å². The summed E-state index contributed by atoms with van der Waals surface area (Å²) in [6, 6.07) is 13.6. The number of carbonyl (C=O) groups excluding carboxylic acids is 2. The number of hydrogen-bond acceptors (Lipinski definition) is 6.